The van der Waals surface area contributed by atoms with Gasteiger partial charge in [0, 0.05) is 7.74 Å². The van der Waals surface area contributed by atoms with Crippen LogP contribution in [0.5, 0.6) is 0 Å². The van der Waals surface area contributed by atoms with Gasteiger partial charge in [0.25, 0.3) is 0 Å². The predicted molar refractivity (Wildman–Crippen MR) is 92.8 cm³/mol. The highest BCUT2D eigenvalue weighted by molar-refractivity contribution is 6.88. The molecule has 18 heavy (non-hydrogen) atoms. The minimum Gasteiger partial charge on any atom is -0.101 e. The molecule has 109 valence electrons. The molecule has 0 N–H and O–H groups in total. The fraction of sp³-hybridized carbons (Fsp3) is 1.00. The summed E-state index contributed by atoms with van der Waals surface area (Å²) in [5.74, 6) is 0. The highest BCUT2D eigenvalue weighted by Gasteiger charge is 1.96. The Kier molecular flexibility index (Phi) is 18.0. The van der Waals surface area contributed by atoms with E-state index < -0.39 is 0 Å². The van der Waals surface area contributed by atoms with Gasteiger partial charge in [-0.25, -0.2) is 0 Å². The maximum Gasteiger partial charge on any atom is 0.0502 e. The second-order valence-electron chi connectivity index (χ2n) is 9.33. The Balaban J connectivity index is -0.0000000739. The van der Waals surface area contributed by atoms with Crippen molar-refractivity contribution < 1.29 is 0 Å². The van der Waals surface area contributed by atoms with Gasteiger partial charge in [0.2, 0.25) is 0 Å². The summed E-state index contributed by atoms with van der Waals surface area (Å²) in [6.07, 6.45) is 0. The standard InChI is InChI=1S/3C5H12.CH3B2/c3*1-5(2,3)4;1-3-2/h3*1-4H3;1H3. The summed E-state index contributed by atoms with van der Waals surface area (Å²) < 4.78 is 0. The van der Waals surface area contributed by atoms with E-state index in [2.05, 4.69) is 83.1 Å². The molecule has 0 rings (SSSR count). The normalized spacial score (nSPS) is 10.7. The lowest BCUT2D eigenvalue weighted by Crippen LogP contribution is -1.93. The van der Waals surface area contributed by atoms with Crippen LogP contribution in [0.2, 0.25) is 6.82 Å². The van der Waals surface area contributed by atoms with Crippen LogP contribution in [0.4, 0.5) is 0 Å². The minimum absolute atomic E-state index is 0.500. The Bertz CT molecular complexity index is 95.4. The first-order valence-electron chi connectivity index (χ1n) is 6.91. The average molecular weight is 253 g/mol. The maximum absolute atomic E-state index is 4.72. The van der Waals surface area contributed by atoms with Gasteiger partial charge in [0.05, 0.1) is 7.17 Å². The fourth-order valence-electron chi connectivity index (χ4n) is 0. The molecular weight excluding hydrogens is 214 g/mol. The largest absolute Gasteiger partial charge is 0.101 e. The van der Waals surface area contributed by atoms with E-state index in [-0.39, 0.29) is 0 Å². The molecule has 0 heterocycles. The van der Waals surface area contributed by atoms with Gasteiger partial charge in [0.1, 0.15) is 0 Å². The molecule has 0 amide bonds. The quantitative estimate of drug-likeness (QED) is 0.466. The van der Waals surface area contributed by atoms with E-state index in [1.165, 1.54) is 7.17 Å². The molecule has 0 saturated carbocycles. The first-order chi connectivity index (χ1) is 7.41. The topological polar surface area (TPSA) is 0 Å². The number of hydrogen-bond donors (Lipinski definition) is 0. The van der Waals surface area contributed by atoms with Crippen LogP contribution in [0.3, 0.4) is 0 Å². The maximum atomic E-state index is 4.72. The molecule has 3 radical (unpaired) electrons. The third-order valence-corrected chi connectivity index (χ3v) is 0. The molecule has 0 aromatic rings. The lowest BCUT2D eigenvalue weighted by atomic mass is 9.59. The highest BCUT2D eigenvalue weighted by Crippen LogP contribution is 2.08. The van der Waals surface area contributed by atoms with Crippen molar-refractivity contribution in [1.29, 1.82) is 0 Å². The molecule has 0 bridgehead atoms. The van der Waals surface area contributed by atoms with Crippen molar-refractivity contribution in [2.24, 2.45) is 16.2 Å². The van der Waals surface area contributed by atoms with Crippen molar-refractivity contribution >= 4 is 14.9 Å². The third kappa shape index (κ3) is 219000. The van der Waals surface area contributed by atoms with Crippen molar-refractivity contribution in [1.82, 2.24) is 0 Å². The fourth-order valence-corrected chi connectivity index (χ4v) is 0. The highest BCUT2D eigenvalue weighted by atomic mass is 14.0. The summed E-state index contributed by atoms with van der Waals surface area (Å²) in [4.78, 5) is 0. The van der Waals surface area contributed by atoms with Crippen LogP contribution in [0, 0.1) is 16.2 Å². The van der Waals surface area contributed by atoms with Gasteiger partial charge in [-0.2, -0.15) is 0 Å². The molecule has 0 atom stereocenters. The van der Waals surface area contributed by atoms with Gasteiger partial charge in [-0.15, -0.1) is 6.82 Å². The van der Waals surface area contributed by atoms with Crippen LogP contribution in [0.1, 0.15) is 83.1 Å². The van der Waals surface area contributed by atoms with Crippen LogP contribution >= 0.6 is 0 Å². The van der Waals surface area contributed by atoms with E-state index >= 15 is 0 Å². The van der Waals surface area contributed by atoms with Crippen molar-refractivity contribution in [3.05, 3.63) is 0 Å². The summed E-state index contributed by atoms with van der Waals surface area (Å²) >= 11 is 0. The molecule has 0 unspecified atom stereocenters. The summed E-state index contributed by atoms with van der Waals surface area (Å²) in [6.45, 7) is 28.0. The Morgan fingerprint density at radius 2 is 0.500 bits per heavy atom. The Morgan fingerprint density at radius 3 is 0.500 bits per heavy atom. The van der Waals surface area contributed by atoms with Gasteiger partial charge in [0.15, 0.2) is 0 Å². The van der Waals surface area contributed by atoms with Crippen molar-refractivity contribution in [3.63, 3.8) is 0 Å². The number of rotatable bonds is 0. The molecule has 0 nitrogen and oxygen atoms in total. The zero-order valence-corrected chi connectivity index (χ0v) is 15.7. The van der Waals surface area contributed by atoms with E-state index in [0.717, 1.165) is 0 Å². The summed E-state index contributed by atoms with van der Waals surface area (Å²) in [5, 5.41) is 0. The Morgan fingerprint density at radius 1 is 0.500 bits per heavy atom. The minimum atomic E-state index is 0.500. The van der Waals surface area contributed by atoms with Crippen LogP contribution in [0.15, 0.2) is 0 Å². The summed E-state index contributed by atoms with van der Waals surface area (Å²) in [6, 6.07) is 0. The molecule has 0 saturated heterocycles. The van der Waals surface area contributed by atoms with Gasteiger partial charge in [-0.05, 0) is 16.2 Å². The van der Waals surface area contributed by atoms with Gasteiger partial charge in [-0.3, -0.25) is 0 Å². The molecule has 2 heteroatoms. The van der Waals surface area contributed by atoms with Gasteiger partial charge < -0.3 is 0 Å². The van der Waals surface area contributed by atoms with Crippen molar-refractivity contribution in [2.75, 3.05) is 0 Å². The van der Waals surface area contributed by atoms with Gasteiger partial charge in [-0.1, -0.05) is 83.1 Å². The lowest BCUT2D eigenvalue weighted by Gasteiger charge is -2.05. The molecule has 0 aliphatic carbocycles. The van der Waals surface area contributed by atoms with E-state index in [1.807, 2.05) is 0 Å². The van der Waals surface area contributed by atoms with Crippen LogP contribution in [0.25, 0.3) is 0 Å². The smallest absolute Gasteiger partial charge is 0.0502 e. The lowest BCUT2D eigenvalue weighted by molar-refractivity contribution is 0.469. The molecule has 0 spiro atoms. The zero-order chi connectivity index (χ0) is 16.2. The van der Waals surface area contributed by atoms with E-state index in [9.17, 15) is 0 Å². The Labute approximate surface area is 121 Å². The van der Waals surface area contributed by atoms with Crippen LogP contribution in [-0.4, -0.2) is 14.9 Å². The molecule has 0 fully saturated rings. The number of hydrogen-bond acceptors (Lipinski definition) is 0. The van der Waals surface area contributed by atoms with Crippen LogP contribution < -0.4 is 0 Å². The average Bonchev–Trinajstić information content (AvgIpc) is 1.71. The van der Waals surface area contributed by atoms with Crippen molar-refractivity contribution in [3.8, 4) is 0 Å². The summed E-state index contributed by atoms with van der Waals surface area (Å²) in [7, 11) is 6.22. The predicted octanol–water partition coefficient (Wildman–Crippen LogP) is 5.98. The van der Waals surface area contributed by atoms with Gasteiger partial charge >= 0.3 is 0 Å². The zero-order valence-electron chi connectivity index (χ0n) is 15.7. The molecule has 0 aliphatic heterocycles. The van der Waals surface area contributed by atoms with E-state index in [4.69, 9.17) is 7.74 Å². The van der Waals surface area contributed by atoms with Crippen LogP contribution in [-0.2, 0) is 0 Å². The van der Waals surface area contributed by atoms with Crippen molar-refractivity contribution in [2.45, 2.75) is 89.9 Å². The molecule has 0 aromatic carbocycles. The first kappa shape index (κ1) is 26.6. The third-order valence-electron chi connectivity index (χ3n) is 0. The first-order valence-corrected chi connectivity index (χ1v) is 6.91. The summed E-state index contributed by atoms with van der Waals surface area (Å²) in [5.41, 5.74) is 1.50. The monoisotopic (exact) mass is 253 g/mol. The molecular formula is C16H39B2. The van der Waals surface area contributed by atoms with E-state index in [0.29, 0.717) is 16.2 Å². The second-order valence-corrected chi connectivity index (χ2v) is 9.33. The molecule has 0 aliphatic rings. The molecule has 0 aromatic heterocycles. The van der Waals surface area contributed by atoms with E-state index in [1.54, 1.807) is 6.82 Å². The Hall–Kier alpha value is 0.130. The second kappa shape index (κ2) is 12.2. The SMILES string of the molecule is CC(C)(C)C.CC(C)(C)C.CC(C)(C)C.[B][B]C.